The molecule has 0 radical (unpaired) electrons. The second kappa shape index (κ2) is 5.98. The van der Waals surface area contributed by atoms with Gasteiger partial charge in [-0.25, -0.2) is 0 Å². The summed E-state index contributed by atoms with van der Waals surface area (Å²) < 4.78 is 1.12. The summed E-state index contributed by atoms with van der Waals surface area (Å²) in [5.41, 5.74) is 10.4. The van der Waals surface area contributed by atoms with E-state index in [0.29, 0.717) is 6.54 Å². The zero-order valence-electron chi connectivity index (χ0n) is 10.4. The molecular weight excluding hydrogens is 286 g/mol. The third-order valence-corrected chi connectivity index (χ3v) is 3.64. The van der Waals surface area contributed by atoms with Crippen LogP contribution in [-0.2, 0) is 0 Å². The molecule has 0 atom stereocenters. The van der Waals surface area contributed by atoms with Gasteiger partial charge in [0.15, 0.2) is 0 Å². The van der Waals surface area contributed by atoms with E-state index in [1.807, 2.05) is 18.2 Å². The Morgan fingerprint density at radius 2 is 1.78 bits per heavy atom. The van der Waals surface area contributed by atoms with Gasteiger partial charge in [0.2, 0.25) is 0 Å². The second-order valence-electron chi connectivity index (χ2n) is 4.18. The van der Waals surface area contributed by atoms with Crippen LogP contribution in [0.15, 0.2) is 59.1 Å². The van der Waals surface area contributed by atoms with Crippen molar-refractivity contribution in [3.8, 4) is 11.1 Å². The second-order valence-corrected chi connectivity index (χ2v) is 5.03. The van der Waals surface area contributed by atoms with Gasteiger partial charge in [0, 0.05) is 11.0 Å². The van der Waals surface area contributed by atoms with Crippen molar-refractivity contribution in [3.63, 3.8) is 0 Å². The van der Waals surface area contributed by atoms with E-state index in [1.165, 1.54) is 22.3 Å². The Hall–Kier alpha value is -1.38. The average molecular weight is 302 g/mol. The summed E-state index contributed by atoms with van der Waals surface area (Å²) in [6.07, 6.45) is 2.04. The van der Waals surface area contributed by atoms with Crippen LogP contribution in [-0.4, -0.2) is 6.54 Å². The van der Waals surface area contributed by atoms with Crippen LogP contribution in [0.25, 0.3) is 16.7 Å². The van der Waals surface area contributed by atoms with Gasteiger partial charge in [-0.15, -0.1) is 0 Å². The van der Waals surface area contributed by atoms with E-state index in [-0.39, 0.29) is 0 Å². The summed E-state index contributed by atoms with van der Waals surface area (Å²) in [5.74, 6) is 0. The monoisotopic (exact) mass is 301 g/mol. The molecule has 92 valence electrons. The molecule has 2 heteroatoms. The van der Waals surface area contributed by atoms with Gasteiger partial charge in [-0.2, -0.15) is 0 Å². The molecule has 0 fully saturated rings. The number of nitrogens with two attached hydrogens (primary N) is 1. The maximum atomic E-state index is 5.53. The van der Waals surface area contributed by atoms with Crippen molar-refractivity contribution in [3.05, 3.63) is 64.6 Å². The van der Waals surface area contributed by atoms with E-state index in [4.69, 9.17) is 5.73 Å². The summed E-state index contributed by atoms with van der Waals surface area (Å²) in [7, 11) is 0. The molecule has 0 heterocycles. The van der Waals surface area contributed by atoms with Gasteiger partial charge < -0.3 is 5.73 Å². The first-order chi connectivity index (χ1) is 8.72. The van der Waals surface area contributed by atoms with E-state index in [2.05, 4.69) is 59.3 Å². The van der Waals surface area contributed by atoms with Crippen LogP contribution in [0.3, 0.4) is 0 Å². The molecule has 0 amide bonds. The van der Waals surface area contributed by atoms with Crippen LogP contribution < -0.4 is 5.73 Å². The lowest BCUT2D eigenvalue weighted by Crippen LogP contribution is -1.94. The van der Waals surface area contributed by atoms with Gasteiger partial charge in [-0.3, -0.25) is 0 Å². The number of allylic oxidation sites excluding steroid dienone is 1. The lowest BCUT2D eigenvalue weighted by Gasteiger charge is -2.06. The van der Waals surface area contributed by atoms with Crippen molar-refractivity contribution in [1.82, 2.24) is 0 Å². The molecule has 0 bridgehead atoms. The zero-order chi connectivity index (χ0) is 13.0. The highest BCUT2D eigenvalue weighted by Crippen LogP contribution is 2.28. The highest BCUT2D eigenvalue weighted by atomic mass is 79.9. The minimum Gasteiger partial charge on any atom is -0.327 e. The van der Waals surface area contributed by atoms with Gasteiger partial charge >= 0.3 is 0 Å². The van der Waals surface area contributed by atoms with Gasteiger partial charge in [0.1, 0.15) is 0 Å². The normalized spacial score (nSPS) is 11.6. The van der Waals surface area contributed by atoms with E-state index in [1.54, 1.807) is 0 Å². The molecule has 0 saturated heterocycles. The Kier molecular flexibility index (Phi) is 4.34. The molecule has 2 aromatic rings. The first kappa shape index (κ1) is 13.1. The van der Waals surface area contributed by atoms with Gasteiger partial charge in [-0.1, -0.05) is 64.5 Å². The molecule has 2 aromatic carbocycles. The minimum absolute atomic E-state index is 0.581. The van der Waals surface area contributed by atoms with Crippen LogP contribution in [0.5, 0.6) is 0 Å². The molecule has 0 aliphatic heterocycles. The molecule has 18 heavy (non-hydrogen) atoms. The van der Waals surface area contributed by atoms with Crippen LogP contribution in [0.4, 0.5) is 0 Å². The molecule has 0 aliphatic rings. The molecule has 0 spiro atoms. The molecule has 1 nitrogen and oxygen atoms in total. The maximum absolute atomic E-state index is 5.53. The fourth-order valence-electron chi connectivity index (χ4n) is 1.90. The van der Waals surface area contributed by atoms with Crippen LogP contribution in [0, 0.1) is 0 Å². The summed E-state index contributed by atoms with van der Waals surface area (Å²) in [4.78, 5) is 0. The quantitative estimate of drug-likeness (QED) is 0.889. The molecule has 2 rings (SSSR count). The maximum Gasteiger partial charge on any atom is 0.0253 e. The highest BCUT2D eigenvalue weighted by Gasteiger charge is 2.02. The molecule has 2 N–H and O–H groups in total. The summed E-state index contributed by atoms with van der Waals surface area (Å²) in [6, 6.07) is 16.8. The molecule has 0 aromatic heterocycles. The zero-order valence-corrected chi connectivity index (χ0v) is 11.9. The predicted molar refractivity (Wildman–Crippen MR) is 82.3 cm³/mol. The number of hydrogen-bond acceptors (Lipinski definition) is 1. The topological polar surface area (TPSA) is 26.0 Å². The van der Waals surface area contributed by atoms with E-state index >= 15 is 0 Å². The van der Waals surface area contributed by atoms with Crippen molar-refractivity contribution in [2.45, 2.75) is 6.92 Å². The molecule has 0 unspecified atom stereocenters. The van der Waals surface area contributed by atoms with E-state index in [0.717, 1.165) is 4.47 Å². The first-order valence-electron chi connectivity index (χ1n) is 5.94. The number of benzene rings is 2. The predicted octanol–water partition coefficient (Wildman–Crippen LogP) is 4.48. The molecule has 0 saturated carbocycles. The molecule has 0 aliphatic carbocycles. The third-order valence-electron chi connectivity index (χ3n) is 2.95. The summed E-state index contributed by atoms with van der Waals surface area (Å²) >= 11 is 3.58. The number of halogens is 1. The highest BCUT2D eigenvalue weighted by molar-refractivity contribution is 9.10. The SMILES string of the molecule is CC(=CCN)c1ccc(-c2ccccc2Br)cc1. The lowest BCUT2D eigenvalue weighted by molar-refractivity contribution is 1.25. The number of rotatable bonds is 3. The van der Waals surface area contributed by atoms with E-state index < -0.39 is 0 Å². The van der Waals surface area contributed by atoms with Crippen molar-refractivity contribution in [1.29, 1.82) is 0 Å². The van der Waals surface area contributed by atoms with Gasteiger partial charge in [0.25, 0.3) is 0 Å². The van der Waals surface area contributed by atoms with Crippen LogP contribution in [0.2, 0.25) is 0 Å². The first-order valence-corrected chi connectivity index (χ1v) is 6.74. The fraction of sp³-hybridized carbons (Fsp3) is 0.125. The van der Waals surface area contributed by atoms with Crippen LogP contribution >= 0.6 is 15.9 Å². The number of hydrogen-bond donors (Lipinski definition) is 1. The van der Waals surface area contributed by atoms with Crippen molar-refractivity contribution < 1.29 is 0 Å². The van der Waals surface area contributed by atoms with Crippen molar-refractivity contribution in [2.75, 3.05) is 6.54 Å². The lowest BCUT2D eigenvalue weighted by atomic mass is 10.0. The smallest absolute Gasteiger partial charge is 0.0253 e. The average Bonchev–Trinajstić information content (AvgIpc) is 2.40. The van der Waals surface area contributed by atoms with Gasteiger partial charge in [-0.05, 0) is 35.3 Å². The third kappa shape index (κ3) is 2.89. The summed E-state index contributed by atoms with van der Waals surface area (Å²) in [5, 5.41) is 0. The Morgan fingerprint density at radius 3 is 2.39 bits per heavy atom. The summed E-state index contributed by atoms with van der Waals surface area (Å²) in [6.45, 7) is 2.66. The molecular formula is C16H16BrN. The Bertz CT molecular complexity index is 556. The van der Waals surface area contributed by atoms with Crippen molar-refractivity contribution in [2.24, 2.45) is 5.73 Å². The van der Waals surface area contributed by atoms with Gasteiger partial charge in [0.05, 0.1) is 0 Å². The fourth-order valence-corrected chi connectivity index (χ4v) is 2.42. The van der Waals surface area contributed by atoms with Crippen molar-refractivity contribution >= 4 is 21.5 Å². The Labute approximate surface area is 116 Å². The van der Waals surface area contributed by atoms with E-state index in [9.17, 15) is 0 Å². The Balaban J connectivity index is 2.34. The standard InChI is InChI=1S/C16H16BrN/c1-12(10-11-18)13-6-8-14(9-7-13)15-4-2-3-5-16(15)17/h2-10H,11,18H2,1H3. The van der Waals surface area contributed by atoms with Crippen LogP contribution in [0.1, 0.15) is 12.5 Å². The minimum atomic E-state index is 0.581. The largest absolute Gasteiger partial charge is 0.327 e. The Morgan fingerprint density at radius 1 is 1.11 bits per heavy atom.